The number of nitrogens with one attached hydrogen (secondary N) is 2. The topological polar surface area (TPSA) is 68.4 Å². The van der Waals surface area contributed by atoms with Crippen molar-refractivity contribution in [3.63, 3.8) is 0 Å². The summed E-state index contributed by atoms with van der Waals surface area (Å²) in [7, 11) is 0. The molecular formula is C25H30N4O2. The van der Waals surface area contributed by atoms with E-state index in [2.05, 4.69) is 35.1 Å². The van der Waals surface area contributed by atoms with Gasteiger partial charge in [0.05, 0.1) is 6.04 Å². The number of likely N-dealkylation sites (N-methyl/N-ethyl adjacent to an activating group) is 1. The fourth-order valence-electron chi connectivity index (χ4n) is 4.46. The number of rotatable bonds is 9. The van der Waals surface area contributed by atoms with Gasteiger partial charge in [-0.05, 0) is 30.8 Å². The Kier molecular flexibility index (Phi) is 6.37. The third-order valence-electron chi connectivity index (χ3n) is 6.20. The van der Waals surface area contributed by atoms with Crippen LogP contribution in [0, 0.1) is 0 Å². The molecule has 31 heavy (non-hydrogen) atoms. The zero-order valence-electron chi connectivity index (χ0n) is 18.2. The van der Waals surface area contributed by atoms with E-state index in [0.717, 1.165) is 47.2 Å². The highest BCUT2D eigenvalue weighted by Crippen LogP contribution is 2.40. The first-order valence-corrected chi connectivity index (χ1v) is 11.1. The highest BCUT2D eigenvalue weighted by molar-refractivity contribution is 6.01. The number of hydrogen-bond donors (Lipinski definition) is 2. The van der Waals surface area contributed by atoms with Gasteiger partial charge in [-0.25, -0.2) is 0 Å². The molecule has 6 nitrogen and oxygen atoms in total. The minimum absolute atomic E-state index is 0.0122. The monoisotopic (exact) mass is 418 g/mol. The Morgan fingerprint density at radius 1 is 1.06 bits per heavy atom. The van der Waals surface area contributed by atoms with Crippen LogP contribution in [0.3, 0.4) is 0 Å². The Labute approximate surface area is 183 Å². The Bertz CT molecular complexity index is 1070. The number of fused-ring (bicyclic) bond motifs is 2. The Morgan fingerprint density at radius 2 is 1.81 bits per heavy atom. The maximum Gasteiger partial charge on any atom is 0.255 e. The molecule has 0 spiro atoms. The zero-order chi connectivity index (χ0) is 21.8. The first kappa shape index (κ1) is 21.1. The fourth-order valence-corrected chi connectivity index (χ4v) is 4.46. The molecule has 1 atom stereocenters. The molecule has 0 saturated carbocycles. The second kappa shape index (κ2) is 9.35. The van der Waals surface area contributed by atoms with Crippen molar-refractivity contribution in [3.8, 4) is 0 Å². The average molecular weight is 419 g/mol. The van der Waals surface area contributed by atoms with Crippen LogP contribution in [0.4, 0.5) is 0 Å². The number of amides is 2. The van der Waals surface area contributed by atoms with Gasteiger partial charge in [0.1, 0.15) is 0 Å². The van der Waals surface area contributed by atoms with Crippen LogP contribution in [0.1, 0.15) is 47.8 Å². The third kappa shape index (κ3) is 4.21. The Balaban J connectivity index is 1.51. The van der Waals surface area contributed by atoms with Crippen molar-refractivity contribution in [2.45, 2.75) is 26.3 Å². The van der Waals surface area contributed by atoms with E-state index >= 15 is 0 Å². The lowest BCUT2D eigenvalue weighted by Crippen LogP contribution is -2.37. The van der Waals surface area contributed by atoms with Gasteiger partial charge < -0.3 is 20.1 Å². The lowest BCUT2D eigenvalue weighted by atomic mass is 9.97. The van der Waals surface area contributed by atoms with Gasteiger partial charge in [-0.2, -0.15) is 0 Å². The molecule has 1 aromatic heterocycles. The van der Waals surface area contributed by atoms with Crippen molar-refractivity contribution in [1.29, 1.82) is 0 Å². The lowest BCUT2D eigenvalue weighted by Gasteiger charge is -2.25. The van der Waals surface area contributed by atoms with Crippen molar-refractivity contribution in [2.24, 2.45) is 0 Å². The van der Waals surface area contributed by atoms with Gasteiger partial charge in [-0.1, -0.05) is 50.2 Å². The summed E-state index contributed by atoms with van der Waals surface area (Å²) >= 11 is 0. The highest BCUT2D eigenvalue weighted by atomic mass is 16.2. The SMILES string of the molecule is CCN(CC)CCNC(=O)CCN1C(=O)c2ccccc2C1c1c[nH]c2ccccc12. The molecule has 1 unspecified atom stereocenters. The van der Waals surface area contributed by atoms with Crippen LogP contribution < -0.4 is 5.32 Å². The molecule has 6 heteroatoms. The third-order valence-corrected chi connectivity index (χ3v) is 6.20. The number of aromatic amines is 1. The first-order valence-electron chi connectivity index (χ1n) is 11.1. The predicted molar refractivity (Wildman–Crippen MR) is 123 cm³/mol. The Hall–Kier alpha value is -3.12. The molecule has 0 fully saturated rings. The molecule has 162 valence electrons. The average Bonchev–Trinajstić information content (AvgIpc) is 3.34. The van der Waals surface area contributed by atoms with Crippen molar-refractivity contribution in [1.82, 2.24) is 20.1 Å². The van der Waals surface area contributed by atoms with Crippen LogP contribution in [0.5, 0.6) is 0 Å². The van der Waals surface area contributed by atoms with Gasteiger partial charge >= 0.3 is 0 Å². The van der Waals surface area contributed by atoms with Gasteiger partial charge in [-0.15, -0.1) is 0 Å². The normalized spacial score (nSPS) is 15.6. The molecule has 1 aliphatic heterocycles. The molecule has 1 aliphatic rings. The zero-order valence-corrected chi connectivity index (χ0v) is 18.2. The van der Waals surface area contributed by atoms with E-state index in [1.165, 1.54) is 0 Å². The van der Waals surface area contributed by atoms with Crippen LogP contribution in [0.25, 0.3) is 10.9 Å². The summed E-state index contributed by atoms with van der Waals surface area (Å²) < 4.78 is 0. The van der Waals surface area contributed by atoms with Crippen LogP contribution >= 0.6 is 0 Å². The number of aromatic nitrogens is 1. The molecule has 0 bridgehead atoms. The minimum Gasteiger partial charge on any atom is -0.361 e. The standard InChI is InChI=1S/C25H30N4O2/c1-3-28(4-2)16-14-26-23(30)13-15-29-24(19-10-5-6-11-20(19)25(29)31)21-17-27-22-12-8-7-9-18(21)22/h5-12,17,24,27H,3-4,13-16H2,1-2H3,(H,26,30). The summed E-state index contributed by atoms with van der Waals surface area (Å²) in [6, 6.07) is 15.7. The molecule has 0 saturated heterocycles. The number of hydrogen-bond acceptors (Lipinski definition) is 3. The second-order valence-electron chi connectivity index (χ2n) is 7.90. The summed E-state index contributed by atoms with van der Waals surface area (Å²) in [5, 5.41) is 4.10. The summed E-state index contributed by atoms with van der Waals surface area (Å²) in [5.74, 6) is -0.0320. The van der Waals surface area contributed by atoms with Crippen molar-refractivity contribution in [2.75, 3.05) is 32.7 Å². The molecule has 3 aromatic rings. The van der Waals surface area contributed by atoms with E-state index in [4.69, 9.17) is 0 Å². The minimum atomic E-state index is -0.191. The quantitative estimate of drug-likeness (QED) is 0.558. The maximum atomic E-state index is 13.2. The summed E-state index contributed by atoms with van der Waals surface area (Å²) in [4.78, 5) is 33.1. The van der Waals surface area contributed by atoms with Crippen molar-refractivity contribution < 1.29 is 9.59 Å². The number of H-pyrrole nitrogens is 1. The maximum absolute atomic E-state index is 13.2. The summed E-state index contributed by atoms with van der Waals surface area (Å²) in [6.07, 6.45) is 2.28. The van der Waals surface area contributed by atoms with Crippen LogP contribution in [0.2, 0.25) is 0 Å². The van der Waals surface area contributed by atoms with E-state index in [-0.39, 0.29) is 24.3 Å². The molecule has 0 radical (unpaired) electrons. The van der Waals surface area contributed by atoms with Crippen LogP contribution in [0.15, 0.2) is 54.7 Å². The van der Waals surface area contributed by atoms with Gasteiger partial charge in [-0.3, -0.25) is 9.59 Å². The predicted octanol–water partition coefficient (Wildman–Crippen LogP) is 3.56. The van der Waals surface area contributed by atoms with Crippen LogP contribution in [-0.4, -0.2) is 59.3 Å². The second-order valence-corrected chi connectivity index (χ2v) is 7.90. The van der Waals surface area contributed by atoms with Crippen LogP contribution in [-0.2, 0) is 4.79 Å². The number of benzene rings is 2. The van der Waals surface area contributed by atoms with E-state index in [0.29, 0.717) is 13.1 Å². The number of carbonyl (C=O) groups excluding carboxylic acids is 2. The molecule has 2 heterocycles. The first-order chi connectivity index (χ1) is 15.1. The largest absolute Gasteiger partial charge is 0.361 e. The Morgan fingerprint density at radius 3 is 2.61 bits per heavy atom. The van der Waals surface area contributed by atoms with Gasteiger partial charge in [0.25, 0.3) is 5.91 Å². The molecule has 0 aliphatic carbocycles. The molecule has 2 N–H and O–H groups in total. The number of nitrogens with zero attached hydrogens (tertiary/aromatic N) is 2. The van der Waals surface area contributed by atoms with E-state index in [1.54, 1.807) is 0 Å². The van der Waals surface area contributed by atoms with Crippen molar-refractivity contribution in [3.05, 3.63) is 71.4 Å². The molecule has 2 aromatic carbocycles. The smallest absolute Gasteiger partial charge is 0.255 e. The van der Waals surface area contributed by atoms with E-state index in [1.807, 2.05) is 53.6 Å². The van der Waals surface area contributed by atoms with Gasteiger partial charge in [0, 0.05) is 54.3 Å². The molecule has 2 amide bonds. The highest BCUT2D eigenvalue weighted by Gasteiger charge is 2.38. The van der Waals surface area contributed by atoms with Crippen molar-refractivity contribution >= 4 is 22.7 Å². The summed E-state index contributed by atoms with van der Waals surface area (Å²) in [6.45, 7) is 8.03. The number of carbonyl (C=O) groups is 2. The fraction of sp³-hybridized carbons (Fsp3) is 0.360. The van der Waals surface area contributed by atoms with Gasteiger partial charge in [0.2, 0.25) is 5.91 Å². The summed E-state index contributed by atoms with van der Waals surface area (Å²) in [5.41, 5.74) is 3.83. The number of para-hydroxylation sites is 1. The van der Waals surface area contributed by atoms with E-state index in [9.17, 15) is 9.59 Å². The van der Waals surface area contributed by atoms with Gasteiger partial charge in [0.15, 0.2) is 0 Å². The lowest BCUT2D eigenvalue weighted by molar-refractivity contribution is -0.121. The molecule has 4 rings (SSSR count). The molecular weight excluding hydrogens is 388 g/mol. The van der Waals surface area contributed by atoms with E-state index < -0.39 is 0 Å².